The monoisotopic (exact) mass is 289 g/mol. The Morgan fingerprint density at radius 2 is 1.76 bits per heavy atom. The highest BCUT2D eigenvalue weighted by Gasteiger charge is 2.32. The molecule has 0 fully saturated rings. The van der Waals surface area contributed by atoms with Crippen LogP contribution < -0.4 is 5.32 Å². The van der Waals surface area contributed by atoms with E-state index < -0.39 is 23.9 Å². The summed E-state index contributed by atoms with van der Waals surface area (Å²) < 4.78 is 26.0. The Morgan fingerprint density at radius 1 is 1.10 bits per heavy atom. The zero-order valence-corrected chi connectivity index (χ0v) is 11.0. The average Bonchev–Trinajstić information content (AvgIpc) is 2.75. The van der Waals surface area contributed by atoms with Crippen molar-refractivity contribution in [2.24, 2.45) is 0 Å². The summed E-state index contributed by atoms with van der Waals surface area (Å²) in [4.78, 5) is 12.1. The van der Waals surface area contributed by atoms with Crippen LogP contribution in [-0.2, 0) is 6.42 Å². The van der Waals surface area contributed by atoms with E-state index in [1.165, 1.54) is 36.4 Å². The minimum Gasteiger partial charge on any atom is -0.390 e. The minimum absolute atomic E-state index is 0.293. The highest BCUT2D eigenvalue weighted by Crippen LogP contribution is 2.32. The number of hydrogen-bond donors (Lipinski definition) is 2. The first kappa shape index (κ1) is 13.7. The maximum absolute atomic E-state index is 13.2. The molecule has 2 aromatic carbocycles. The van der Waals surface area contributed by atoms with E-state index in [1.54, 1.807) is 6.07 Å². The Balaban J connectivity index is 1.82. The van der Waals surface area contributed by atoms with Crippen LogP contribution in [0.25, 0.3) is 0 Å². The largest absolute Gasteiger partial charge is 0.390 e. The standard InChI is InChI=1S/C16H13F2NO2/c17-11-3-1-9(2-4-11)16(21)19-15-13-6-5-12(18)7-10(13)8-14(15)20/h1-7,14-15,20H,8H2,(H,19,21)/t14-,15+/m0/s1. The van der Waals surface area contributed by atoms with Crippen molar-refractivity contribution in [3.63, 3.8) is 0 Å². The van der Waals surface area contributed by atoms with Gasteiger partial charge in [-0.25, -0.2) is 8.78 Å². The second-order valence-electron chi connectivity index (χ2n) is 5.07. The fourth-order valence-electron chi connectivity index (χ4n) is 2.60. The van der Waals surface area contributed by atoms with E-state index in [0.717, 1.165) is 0 Å². The van der Waals surface area contributed by atoms with Crippen LogP contribution in [0, 0.1) is 11.6 Å². The van der Waals surface area contributed by atoms with Gasteiger partial charge in [0.05, 0.1) is 12.1 Å². The van der Waals surface area contributed by atoms with E-state index in [4.69, 9.17) is 0 Å². The van der Waals surface area contributed by atoms with Gasteiger partial charge in [-0.2, -0.15) is 0 Å². The van der Waals surface area contributed by atoms with Crippen molar-refractivity contribution in [1.29, 1.82) is 0 Å². The fraction of sp³-hybridized carbons (Fsp3) is 0.188. The van der Waals surface area contributed by atoms with Crippen LogP contribution in [0.4, 0.5) is 8.78 Å². The van der Waals surface area contributed by atoms with E-state index in [2.05, 4.69) is 5.32 Å². The molecule has 108 valence electrons. The van der Waals surface area contributed by atoms with E-state index in [0.29, 0.717) is 23.1 Å². The quantitative estimate of drug-likeness (QED) is 0.891. The number of hydrogen-bond acceptors (Lipinski definition) is 2. The lowest BCUT2D eigenvalue weighted by atomic mass is 10.1. The smallest absolute Gasteiger partial charge is 0.251 e. The molecule has 3 nitrogen and oxygen atoms in total. The van der Waals surface area contributed by atoms with Crippen LogP contribution in [0.5, 0.6) is 0 Å². The number of halogens is 2. The maximum Gasteiger partial charge on any atom is 0.251 e. The average molecular weight is 289 g/mol. The molecule has 2 N–H and O–H groups in total. The molecule has 0 bridgehead atoms. The summed E-state index contributed by atoms with van der Waals surface area (Å²) in [7, 11) is 0. The molecule has 0 spiro atoms. The lowest BCUT2D eigenvalue weighted by Crippen LogP contribution is -2.33. The van der Waals surface area contributed by atoms with Gasteiger partial charge in [0.1, 0.15) is 11.6 Å². The maximum atomic E-state index is 13.2. The van der Waals surface area contributed by atoms with E-state index in [-0.39, 0.29) is 5.82 Å². The first-order valence-electron chi connectivity index (χ1n) is 6.57. The minimum atomic E-state index is -0.800. The Morgan fingerprint density at radius 3 is 2.48 bits per heavy atom. The molecule has 5 heteroatoms. The second-order valence-corrected chi connectivity index (χ2v) is 5.07. The van der Waals surface area contributed by atoms with Gasteiger partial charge in [-0.3, -0.25) is 4.79 Å². The third-order valence-electron chi connectivity index (χ3n) is 3.65. The summed E-state index contributed by atoms with van der Waals surface area (Å²) in [6.07, 6.45) is -0.507. The zero-order valence-electron chi connectivity index (χ0n) is 11.0. The van der Waals surface area contributed by atoms with Gasteiger partial charge in [-0.1, -0.05) is 6.07 Å². The zero-order chi connectivity index (χ0) is 15.0. The van der Waals surface area contributed by atoms with Gasteiger partial charge in [0, 0.05) is 12.0 Å². The SMILES string of the molecule is O=C(N[C@@H]1c2ccc(F)cc2C[C@@H]1O)c1ccc(F)cc1. The highest BCUT2D eigenvalue weighted by atomic mass is 19.1. The molecule has 0 heterocycles. The Hall–Kier alpha value is -2.27. The van der Waals surface area contributed by atoms with E-state index >= 15 is 0 Å². The summed E-state index contributed by atoms with van der Waals surface area (Å²) in [6.45, 7) is 0. The highest BCUT2D eigenvalue weighted by molar-refractivity contribution is 5.94. The third-order valence-corrected chi connectivity index (χ3v) is 3.65. The number of fused-ring (bicyclic) bond motifs is 1. The molecular formula is C16H13F2NO2. The molecule has 2 aromatic rings. The normalized spacial score (nSPS) is 20.1. The van der Waals surface area contributed by atoms with Gasteiger partial charge >= 0.3 is 0 Å². The Kier molecular flexibility index (Phi) is 3.43. The molecule has 1 amide bonds. The van der Waals surface area contributed by atoms with Crippen molar-refractivity contribution in [1.82, 2.24) is 5.32 Å². The molecule has 0 saturated carbocycles. The predicted molar refractivity (Wildman–Crippen MR) is 72.7 cm³/mol. The number of amides is 1. The number of nitrogens with one attached hydrogen (secondary N) is 1. The molecule has 0 aliphatic heterocycles. The summed E-state index contributed by atoms with van der Waals surface area (Å²) in [5.74, 6) is -1.20. The van der Waals surface area contributed by atoms with Crippen molar-refractivity contribution in [2.75, 3.05) is 0 Å². The fourth-order valence-corrected chi connectivity index (χ4v) is 2.60. The number of carbonyl (C=O) groups is 1. The molecule has 0 aromatic heterocycles. The van der Waals surface area contributed by atoms with Crippen LogP contribution in [0.3, 0.4) is 0 Å². The molecule has 1 aliphatic rings. The van der Waals surface area contributed by atoms with Crippen LogP contribution in [0.15, 0.2) is 42.5 Å². The molecule has 21 heavy (non-hydrogen) atoms. The van der Waals surface area contributed by atoms with Gasteiger partial charge in [0.2, 0.25) is 0 Å². The van der Waals surface area contributed by atoms with Gasteiger partial charge in [0.25, 0.3) is 5.91 Å². The predicted octanol–water partition coefficient (Wildman–Crippen LogP) is 2.35. The third kappa shape index (κ3) is 2.64. The van der Waals surface area contributed by atoms with Crippen LogP contribution in [0.1, 0.15) is 27.5 Å². The van der Waals surface area contributed by atoms with Gasteiger partial charge in [-0.05, 0) is 47.5 Å². The molecule has 0 radical (unpaired) electrons. The summed E-state index contributed by atoms with van der Waals surface area (Å²) >= 11 is 0. The van der Waals surface area contributed by atoms with Gasteiger partial charge in [-0.15, -0.1) is 0 Å². The number of rotatable bonds is 2. The first-order chi connectivity index (χ1) is 10.0. The molecule has 3 rings (SSSR count). The molecule has 0 unspecified atom stereocenters. The lowest BCUT2D eigenvalue weighted by Gasteiger charge is -2.18. The van der Waals surface area contributed by atoms with Crippen molar-refractivity contribution in [2.45, 2.75) is 18.6 Å². The lowest BCUT2D eigenvalue weighted by molar-refractivity contribution is 0.0858. The van der Waals surface area contributed by atoms with Crippen LogP contribution in [0.2, 0.25) is 0 Å². The Labute approximate surface area is 120 Å². The number of carbonyl (C=O) groups excluding carboxylic acids is 1. The Bertz CT molecular complexity index is 685. The summed E-state index contributed by atoms with van der Waals surface area (Å²) in [5, 5.41) is 12.8. The van der Waals surface area contributed by atoms with Crippen LogP contribution in [-0.4, -0.2) is 17.1 Å². The van der Waals surface area contributed by atoms with Crippen molar-refractivity contribution < 1.29 is 18.7 Å². The molecular weight excluding hydrogens is 276 g/mol. The van der Waals surface area contributed by atoms with Crippen molar-refractivity contribution >= 4 is 5.91 Å². The molecule has 0 saturated heterocycles. The second kappa shape index (κ2) is 5.26. The first-order valence-corrected chi connectivity index (χ1v) is 6.57. The van der Waals surface area contributed by atoms with Gasteiger partial charge in [0.15, 0.2) is 0 Å². The van der Waals surface area contributed by atoms with E-state index in [1.807, 2.05) is 0 Å². The van der Waals surface area contributed by atoms with Crippen LogP contribution >= 0.6 is 0 Å². The van der Waals surface area contributed by atoms with Crippen molar-refractivity contribution in [3.05, 3.63) is 70.8 Å². The molecule has 2 atom stereocenters. The molecule has 1 aliphatic carbocycles. The van der Waals surface area contributed by atoms with Crippen molar-refractivity contribution in [3.8, 4) is 0 Å². The summed E-state index contributed by atoms with van der Waals surface area (Å²) in [5.41, 5.74) is 1.70. The number of aliphatic hydroxyl groups excluding tert-OH is 1. The topological polar surface area (TPSA) is 49.3 Å². The van der Waals surface area contributed by atoms with Gasteiger partial charge < -0.3 is 10.4 Å². The number of aliphatic hydroxyl groups is 1. The number of benzene rings is 2. The van der Waals surface area contributed by atoms with E-state index in [9.17, 15) is 18.7 Å². The summed E-state index contributed by atoms with van der Waals surface area (Å²) in [6, 6.07) is 8.78.